The lowest BCUT2D eigenvalue weighted by Gasteiger charge is -2.22. The zero-order chi connectivity index (χ0) is 16.6. The van der Waals surface area contributed by atoms with Gasteiger partial charge in [0.2, 0.25) is 0 Å². The Bertz CT molecular complexity index is 586. The van der Waals surface area contributed by atoms with Gasteiger partial charge in [-0.05, 0) is 61.2 Å². The van der Waals surface area contributed by atoms with Crippen LogP contribution >= 0.6 is 0 Å². The molecule has 3 unspecified atom stereocenters. The Morgan fingerprint density at radius 2 is 2.09 bits per heavy atom. The molecule has 3 rings (SSSR count). The van der Waals surface area contributed by atoms with Gasteiger partial charge in [0, 0.05) is 0 Å². The second-order valence-electron chi connectivity index (χ2n) is 6.54. The number of allylic oxidation sites excluding steroid dienone is 7. The summed E-state index contributed by atoms with van der Waals surface area (Å²) in [6.45, 7) is 2.12. The zero-order valence-electron chi connectivity index (χ0n) is 13.1. The summed E-state index contributed by atoms with van der Waals surface area (Å²) >= 11 is 0. The van der Waals surface area contributed by atoms with E-state index in [1.165, 1.54) is 11.6 Å². The van der Waals surface area contributed by atoms with E-state index in [-0.39, 0.29) is 11.6 Å². The molecule has 0 heterocycles. The van der Waals surface area contributed by atoms with Crippen LogP contribution in [0.3, 0.4) is 0 Å². The highest BCUT2D eigenvalue weighted by Gasteiger charge is 2.42. The predicted molar refractivity (Wildman–Crippen MR) is 84.6 cm³/mol. The van der Waals surface area contributed by atoms with E-state index in [1.54, 1.807) is 6.08 Å². The summed E-state index contributed by atoms with van der Waals surface area (Å²) in [6.07, 6.45) is 8.33. The van der Waals surface area contributed by atoms with Crippen LogP contribution in [0.1, 0.15) is 32.6 Å². The molecule has 0 spiro atoms. The maximum Gasteiger partial charge on any atom is 0.573 e. The monoisotopic (exact) mass is 320 g/mol. The third-order valence-corrected chi connectivity index (χ3v) is 4.92. The van der Waals surface area contributed by atoms with E-state index >= 15 is 0 Å². The average Bonchev–Trinajstić information content (AvgIpc) is 3.26. The Balaban J connectivity index is 1.65. The molecule has 0 N–H and O–H groups in total. The first kappa shape index (κ1) is 16.5. The van der Waals surface area contributed by atoms with Crippen molar-refractivity contribution < 1.29 is 17.9 Å². The molecule has 1 saturated carbocycles. The van der Waals surface area contributed by atoms with E-state index in [4.69, 9.17) is 7.85 Å². The Kier molecular flexibility index (Phi) is 4.48. The van der Waals surface area contributed by atoms with Gasteiger partial charge in [-0.1, -0.05) is 36.5 Å². The lowest BCUT2D eigenvalue weighted by atomic mass is 9.71. The summed E-state index contributed by atoms with van der Waals surface area (Å²) in [5.41, 5.74) is 2.30. The van der Waals surface area contributed by atoms with Gasteiger partial charge >= 0.3 is 6.36 Å². The van der Waals surface area contributed by atoms with Gasteiger partial charge in [-0.2, -0.15) is 0 Å². The Labute approximate surface area is 136 Å². The highest BCUT2D eigenvalue weighted by molar-refractivity contribution is 6.13. The highest BCUT2D eigenvalue weighted by atomic mass is 19.4. The number of hydrogen-bond acceptors (Lipinski definition) is 1. The first-order valence-electron chi connectivity index (χ1n) is 8.19. The van der Waals surface area contributed by atoms with Gasteiger partial charge in [0.25, 0.3) is 0 Å². The van der Waals surface area contributed by atoms with Crippen molar-refractivity contribution in [3.63, 3.8) is 0 Å². The lowest BCUT2D eigenvalue weighted by Crippen LogP contribution is -2.13. The molecule has 0 aromatic carbocycles. The highest BCUT2D eigenvalue weighted by Crippen LogP contribution is 2.53. The summed E-state index contributed by atoms with van der Waals surface area (Å²) in [7, 11) is 6.16. The van der Waals surface area contributed by atoms with Crippen LogP contribution in [0.25, 0.3) is 0 Å². The Morgan fingerprint density at radius 3 is 2.74 bits per heavy atom. The maximum absolute atomic E-state index is 12.3. The fraction of sp³-hybridized carbons (Fsp3) is 0.556. The van der Waals surface area contributed by atoms with Gasteiger partial charge in [0.05, 0.1) is 7.85 Å². The zero-order valence-corrected chi connectivity index (χ0v) is 13.1. The van der Waals surface area contributed by atoms with Crippen molar-refractivity contribution in [2.24, 2.45) is 17.8 Å². The van der Waals surface area contributed by atoms with Crippen LogP contribution in [-0.4, -0.2) is 14.2 Å². The van der Waals surface area contributed by atoms with Crippen LogP contribution < -0.4 is 0 Å². The molecule has 4 atom stereocenters. The minimum Gasteiger partial charge on any atom is -0.406 e. The molecule has 0 aromatic rings. The van der Waals surface area contributed by atoms with E-state index in [2.05, 4.69) is 29.9 Å². The van der Waals surface area contributed by atoms with Gasteiger partial charge in [-0.25, -0.2) is 0 Å². The van der Waals surface area contributed by atoms with Crippen LogP contribution in [-0.2, 0) is 4.74 Å². The van der Waals surface area contributed by atoms with Crippen LogP contribution in [0.4, 0.5) is 13.2 Å². The maximum atomic E-state index is 12.3. The van der Waals surface area contributed by atoms with E-state index in [0.29, 0.717) is 24.2 Å². The SMILES string of the molecule is [B]C1C=C([C@@H]2CC2C2=CC(OC(F)(F)F)=CCC2)C=CC1CC. The second kappa shape index (κ2) is 6.25. The van der Waals surface area contributed by atoms with Crippen LogP contribution in [0.5, 0.6) is 0 Å². The fourth-order valence-corrected chi connectivity index (χ4v) is 3.59. The molecule has 0 aliphatic heterocycles. The summed E-state index contributed by atoms with van der Waals surface area (Å²) < 4.78 is 41.1. The van der Waals surface area contributed by atoms with E-state index in [0.717, 1.165) is 24.8 Å². The van der Waals surface area contributed by atoms with E-state index in [9.17, 15) is 13.2 Å². The Morgan fingerprint density at radius 1 is 1.30 bits per heavy atom. The first-order chi connectivity index (χ1) is 10.9. The number of rotatable bonds is 4. The van der Waals surface area contributed by atoms with Gasteiger partial charge in [0.15, 0.2) is 0 Å². The number of halogens is 3. The van der Waals surface area contributed by atoms with Gasteiger partial charge < -0.3 is 4.74 Å². The molecule has 0 aromatic heterocycles. The standard InChI is InChI=1S/C18H20BF3O/c1-2-11-6-7-13(9-17(11)19)16-10-15(16)12-4-3-5-14(8-12)23-18(20,21)22/h5-9,11,15-17H,2-4,10H2,1H3/t11?,15?,16-,17?/m0/s1. The molecular formula is C18H20BF3O. The molecule has 23 heavy (non-hydrogen) atoms. The minimum absolute atomic E-state index is 0.0469. The third kappa shape index (κ3) is 3.93. The largest absolute Gasteiger partial charge is 0.573 e. The quantitative estimate of drug-likeness (QED) is 0.644. The number of hydrogen-bond donors (Lipinski definition) is 0. The predicted octanol–water partition coefficient (Wildman–Crippen LogP) is 5.24. The summed E-state index contributed by atoms with van der Waals surface area (Å²) in [5, 5.41) is 0. The van der Waals surface area contributed by atoms with E-state index < -0.39 is 6.36 Å². The first-order valence-corrected chi connectivity index (χ1v) is 8.19. The summed E-state index contributed by atoms with van der Waals surface area (Å²) in [4.78, 5) is 0. The van der Waals surface area contributed by atoms with Crippen molar-refractivity contribution >= 4 is 7.85 Å². The smallest absolute Gasteiger partial charge is 0.406 e. The summed E-state index contributed by atoms with van der Waals surface area (Å²) in [5.74, 6) is 1.09. The van der Waals surface area contributed by atoms with Gasteiger partial charge in [-0.15, -0.1) is 13.2 Å². The van der Waals surface area contributed by atoms with Gasteiger partial charge in [0.1, 0.15) is 5.76 Å². The van der Waals surface area contributed by atoms with E-state index in [1.807, 2.05) is 0 Å². The normalized spacial score (nSPS) is 33.7. The second-order valence-corrected chi connectivity index (χ2v) is 6.54. The van der Waals surface area contributed by atoms with Crippen molar-refractivity contribution in [1.29, 1.82) is 0 Å². The Hall–Kier alpha value is -1.39. The van der Waals surface area contributed by atoms with Crippen LogP contribution in [0.2, 0.25) is 5.82 Å². The fourth-order valence-electron chi connectivity index (χ4n) is 3.59. The van der Waals surface area contributed by atoms with Crippen LogP contribution in [0.15, 0.2) is 47.3 Å². The number of ether oxygens (including phenoxy) is 1. The van der Waals surface area contributed by atoms with Crippen molar-refractivity contribution in [1.82, 2.24) is 0 Å². The number of alkyl halides is 3. The molecule has 0 bridgehead atoms. The molecule has 3 aliphatic rings. The minimum atomic E-state index is -4.62. The lowest BCUT2D eigenvalue weighted by molar-refractivity contribution is -0.303. The molecule has 3 aliphatic carbocycles. The van der Waals surface area contributed by atoms with Gasteiger partial charge in [-0.3, -0.25) is 0 Å². The molecule has 1 fully saturated rings. The summed E-state index contributed by atoms with van der Waals surface area (Å²) in [6, 6.07) is 0. The van der Waals surface area contributed by atoms with Crippen molar-refractivity contribution in [3.05, 3.63) is 47.3 Å². The molecular weight excluding hydrogens is 300 g/mol. The molecule has 0 saturated heterocycles. The van der Waals surface area contributed by atoms with Crippen molar-refractivity contribution in [2.45, 2.75) is 44.8 Å². The molecule has 122 valence electrons. The average molecular weight is 320 g/mol. The molecule has 5 heteroatoms. The molecule has 2 radical (unpaired) electrons. The van der Waals surface area contributed by atoms with Crippen molar-refractivity contribution in [2.75, 3.05) is 0 Å². The molecule has 0 amide bonds. The van der Waals surface area contributed by atoms with Crippen molar-refractivity contribution in [3.8, 4) is 0 Å². The third-order valence-electron chi connectivity index (χ3n) is 4.92. The topological polar surface area (TPSA) is 9.23 Å². The van der Waals surface area contributed by atoms with Crippen LogP contribution in [0, 0.1) is 17.8 Å². The molecule has 1 nitrogen and oxygen atoms in total.